The van der Waals surface area contributed by atoms with Gasteiger partial charge in [-0.25, -0.2) is 13.2 Å². The van der Waals surface area contributed by atoms with E-state index in [9.17, 15) is 36.3 Å². The fourth-order valence-electron chi connectivity index (χ4n) is 5.62. The number of hydrogen-bond acceptors (Lipinski definition) is 5. The third kappa shape index (κ3) is 5.95. The Morgan fingerprint density at radius 1 is 0.930 bits per heavy atom. The molecule has 0 spiro atoms. The molecule has 0 fully saturated rings. The number of aliphatic hydroxyl groups is 1. The predicted octanol–water partition coefficient (Wildman–Crippen LogP) is 5.07. The van der Waals surface area contributed by atoms with Gasteiger partial charge < -0.3 is 10.2 Å². The molecule has 0 aliphatic carbocycles. The van der Waals surface area contributed by atoms with Crippen molar-refractivity contribution in [3.63, 3.8) is 0 Å². The molecule has 8 nitrogen and oxygen atoms in total. The summed E-state index contributed by atoms with van der Waals surface area (Å²) >= 11 is 0. The fraction of sp³-hybridized carbons (Fsp3) is 0.290. The maximum atomic E-state index is 14.2. The van der Waals surface area contributed by atoms with E-state index in [-0.39, 0.29) is 36.3 Å². The highest BCUT2D eigenvalue weighted by Gasteiger charge is 2.43. The van der Waals surface area contributed by atoms with Gasteiger partial charge in [0.2, 0.25) is 0 Å². The lowest BCUT2D eigenvalue weighted by Gasteiger charge is -2.35. The van der Waals surface area contributed by atoms with Crippen molar-refractivity contribution in [3.05, 3.63) is 99.8 Å². The van der Waals surface area contributed by atoms with Gasteiger partial charge in [0, 0.05) is 31.3 Å². The molecule has 4 aromatic rings. The molecule has 3 aromatic carbocycles. The van der Waals surface area contributed by atoms with Crippen LogP contribution in [0.15, 0.2) is 82.6 Å². The number of aromatic nitrogens is 1. The van der Waals surface area contributed by atoms with Gasteiger partial charge in [-0.3, -0.25) is 9.36 Å². The second kappa shape index (κ2) is 11.9. The topological polar surface area (TPSA) is 117 Å². The Balaban J connectivity index is 1.80. The Labute approximate surface area is 245 Å². The van der Waals surface area contributed by atoms with Crippen LogP contribution in [0, 0.1) is 0 Å². The average Bonchev–Trinajstić information content (AvgIpc) is 2.96. The van der Waals surface area contributed by atoms with E-state index in [1.54, 1.807) is 12.1 Å². The number of carboxylic acids is 1. The number of aliphatic hydroxyl groups excluding tert-OH is 1. The minimum absolute atomic E-state index is 0.000228. The highest BCUT2D eigenvalue weighted by Crippen LogP contribution is 2.40. The molecule has 2 heterocycles. The smallest absolute Gasteiger partial charge is 0.416 e. The SMILES string of the molecule is O=C(O)C1CN(CCCCCO)S(=O)(=O)c2c(-c3cccc(C(F)(F)F)c3)c(Cc3cccc4ccccc34)cc(=O)n21. The first-order chi connectivity index (χ1) is 20.4. The number of nitrogens with zero attached hydrogens (tertiary/aromatic N) is 2. The third-order valence-electron chi connectivity index (χ3n) is 7.65. The van der Waals surface area contributed by atoms with Gasteiger partial charge in [-0.2, -0.15) is 17.5 Å². The number of alkyl halides is 3. The van der Waals surface area contributed by atoms with Gasteiger partial charge in [0.25, 0.3) is 15.6 Å². The summed E-state index contributed by atoms with van der Waals surface area (Å²) in [7, 11) is -4.55. The van der Waals surface area contributed by atoms with Gasteiger partial charge in [-0.15, -0.1) is 0 Å². The zero-order valence-electron chi connectivity index (χ0n) is 22.9. The van der Waals surface area contributed by atoms with Gasteiger partial charge in [-0.05, 0) is 65.3 Å². The minimum atomic E-state index is -4.74. The first-order valence-electron chi connectivity index (χ1n) is 13.7. The lowest BCUT2D eigenvalue weighted by molar-refractivity contribution is -0.141. The number of benzene rings is 3. The van der Waals surface area contributed by atoms with E-state index >= 15 is 0 Å². The predicted molar refractivity (Wildman–Crippen MR) is 154 cm³/mol. The van der Waals surface area contributed by atoms with Crippen LogP contribution in [-0.4, -0.2) is 53.2 Å². The van der Waals surface area contributed by atoms with Crippen molar-refractivity contribution in [3.8, 4) is 11.1 Å². The molecule has 5 rings (SSSR count). The highest BCUT2D eigenvalue weighted by atomic mass is 32.2. The van der Waals surface area contributed by atoms with E-state index in [4.69, 9.17) is 5.11 Å². The number of carbonyl (C=O) groups is 1. The summed E-state index contributed by atoms with van der Waals surface area (Å²) in [6, 6.07) is 16.5. The summed E-state index contributed by atoms with van der Waals surface area (Å²) in [6.07, 6.45) is -3.55. The quantitative estimate of drug-likeness (QED) is 0.254. The molecule has 0 bridgehead atoms. The van der Waals surface area contributed by atoms with Crippen molar-refractivity contribution in [1.82, 2.24) is 8.87 Å². The standard InChI is InChI=1S/C31H29F3N2O6S/c32-31(33,34)24-12-7-11-22(17-24)28-23(16-21-10-6-9-20-8-2-3-13-25(20)21)18-27(38)36-26(30(39)40)19-35(14-4-1-5-15-37)43(41,42)29(28)36/h2-3,6-13,17-18,26,37H,1,4-5,14-16,19H2,(H,39,40). The number of aliphatic carboxylic acids is 1. The molecular formula is C31H29F3N2O6S. The van der Waals surface area contributed by atoms with E-state index in [1.807, 2.05) is 30.3 Å². The second-order valence-electron chi connectivity index (χ2n) is 10.5. The number of fused-ring (bicyclic) bond motifs is 2. The fourth-order valence-corrected chi connectivity index (χ4v) is 7.54. The molecule has 43 heavy (non-hydrogen) atoms. The molecule has 1 atom stereocenters. The van der Waals surface area contributed by atoms with Crippen molar-refractivity contribution in [1.29, 1.82) is 0 Å². The van der Waals surface area contributed by atoms with Gasteiger partial charge in [0.15, 0.2) is 5.03 Å². The molecule has 1 aliphatic rings. The maximum absolute atomic E-state index is 14.2. The molecule has 12 heteroatoms. The summed E-state index contributed by atoms with van der Waals surface area (Å²) in [4.78, 5) is 26.0. The second-order valence-corrected chi connectivity index (χ2v) is 12.3. The van der Waals surface area contributed by atoms with Crippen LogP contribution in [0.3, 0.4) is 0 Å². The number of rotatable bonds is 9. The molecule has 1 aliphatic heterocycles. The summed E-state index contributed by atoms with van der Waals surface area (Å²) in [6.45, 7) is -0.704. The number of hydrogen-bond donors (Lipinski definition) is 2. The summed E-state index contributed by atoms with van der Waals surface area (Å²) in [5, 5.41) is 20.2. The number of unbranched alkanes of at least 4 members (excludes halogenated alkanes) is 2. The third-order valence-corrected chi connectivity index (χ3v) is 9.55. The normalized spacial score (nSPS) is 16.7. The Morgan fingerprint density at radius 2 is 1.65 bits per heavy atom. The number of sulfonamides is 1. The van der Waals surface area contributed by atoms with Crippen LogP contribution in [0.2, 0.25) is 0 Å². The van der Waals surface area contributed by atoms with Crippen molar-refractivity contribution in [2.75, 3.05) is 19.7 Å². The lowest BCUT2D eigenvalue weighted by atomic mass is 9.93. The minimum Gasteiger partial charge on any atom is -0.480 e. The van der Waals surface area contributed by atoms with E-state index in [0.717, 1.165) is 39.3 Å². The van der Waals surface area contributed by atoms with E-state index in [2.05, 4.69) is 0 Å². The lowest BCUT2D eigenvalue weighted by Crippen LogP contribution is -2.50. The molecule has 226 valence electrons. The van der Waals surface area contributed by atoms with E-state index in [1.165, 1.54) is 6.07 Å². The Bertz CT molecular complexity index is 1850. The number of carboxylic acid groups (broad SMARTS) is 1. The number of pyridine rings is 1. The Kier molecular flexibility index (Phi) is 8.46. The summed E-state index contributed by atoms with van der Waals surface area (Å²) in [5.41, 5.74) is -1.29. The number of halogens is 3. The van der Waals surface area contributed by atoms with Crippen LogP contribution in [0.1, 0.15) is 42.0 Å². The van der Waals surface area contributed by atoms with Gasteiger partial charge >= 0.3 is 12.1 Å². The maximum Gasteiger partial charge on any atom is 0.416 e. The molecule has 0 amide bonds. The largest absolute Gasteiger partial charge is 0.480 e. The van der Waals surface area contributed by atoms with Gasteiger partial charge in [-0.1, -0.05) is 54.6 Å². The van der Waals surface area contributed by atoms with Crippen LogP contribution in [0.5, 0.6) is 0 Å². The van der Waals surface area contributed by atoms with Crippen LogP contribution < -0.4 is 5.56 Å². The molecule has 1 unspecified atom stereocenters. The Morgan fingerprint density at radius 3 is 2.37 bits per heavy atom. The van der Waals surface area contributed by atoms with Crippen LogP contribution in [0.25, 0.3) is 21.9 Å². The first-order valence-corrected chi connectivity index (χ1v) is 15.1. The van der Waals surface area contributed by atoms with Crippen molar-refractivity contribution in [2.24, 2.45) is 0 Å². The van der Waals surface area contributed by atoms with Crippen molar-refractivity contribution >= 4 is 26.8 Å². The van der Waals surface area contributed by atoms with Crippen LogP contribution >= 0.6 is 0 Å². The monoisotopic (exact) mass is 614 g/mol. The van der Waals surface area contributed by atoms with E-state index in [0.29, 0.717) is 29.4 Å². The van der Waals surface area contributed by atoms with Crippen LogP contribution in [0.4, 0.5) is 13.2 Å². The Hall–Kier alpha value is -4.00. The average molecular weight is 615 g/mol. The van der Waals surface area contributed by atoms with Gasteiger partial charge in [0.05, 0.1) is 5.56 Å². The zero-order valence-corrected chi connectivity index (χ0v) is 23.7. The molecular weight excluding hydrogens is 585 g/mol. The van der Waals surface area contributed by atoms with Crippen molar-refractivity contribution < 1.29 is 36.6 Å². The zero-order chi connectivity index (χ0) is 30.9. The highest BCUT2D eigenvalue weighted by molar-refractivity contribution is 7.89. The molecule has 0 saturated heterocycles. The summed E-state index contributed by atoms with van der Waals surface area (Å²) in [5.74, 6) is -1.45. The summed E-state index contributed by atoms with van der Waals surface area (Å²) < 4.78 is 71.5. The molecule has 1 aromatic heterocycles. The van der Waals surface area contributed by atoms with Gasteiger partial charge in [0.1, 0.15) is 6.04 Å². The van der Waals surface area contributed by atoms with Crippen molar-refractivity contribution in [2.45, 2.75) is 42.9 Å². The van der Waals surface area contributed by atoms with Crippen LogP contribution in [-0.2, 0) is 27.4 Å². The molecule has 0 radical (unpaired) electrons. The van der Waals surface area contributed by atoms with E-state index < -0.39 is 50.9 Å². The molecule has 0 saturated carbocycles. The first kappa shape index (κ1) is 30.5. The molecule has 2 N–H and O–H groups in total.